The number of ether oxygens (including phenoxy) is 2. The van der Waals surface area contributed by atoms with Crippen LogP contribution in [-0.4, -0.2) is 12.7 Å². The van der Waals surface area contributed by atoms with Gasteiger partial charge in [-0.25, -0.2) is 8.78 Å². The molecule has 28 heavy (non-hydrogen) atoms. The highest BCUT2D eigenvalue weighted by atomic mass is 19.2. The second-order valence-corrected chi connectivity index (χ2v) is 7.24. The lowest BCUT2D eigenvalue weighted by molar-refractivity contribution is 0.0317. The van der Waals surface area contributed by atoms with Crippen molar-refractivity contribution in [2.24, 2.45) is 0 Å². The van der Waals surface area contributed by atoms with Crippen LogP contribution in [0, 0.1) is 11.6 Å². The van der Waals surface area contributed by atoms with Crippen molar-refractivity contribution in [2.75, 3.05) is 6.61 Å². The van der Waals surface area contributed by atoms with Crippen LogP contribution in [0.3, 0.4) is 0 Å². The van der Waals surface area contributed by atoms with Crippen LogP contribution in [0.1, 0.15) is 50.2 Å². The average Bonchev–Trinajstić information content (AvgIpc) is 2.70. The fourth-order valence-electron chi connectivity index (χ4n) is 3.61. The third-order valence-electron chi connectivity index (χ3n) is 5.29. The minimum atomic E-state index is -1.09. The molecule has 2 heterocycles. The Kier molecular flexibility index (Phi) is 6.14. The molecule has 0 amide bonds. The van der Waals surface area contributed by atoms with Crippen molar-refractivity contribution in [1.29, 1.82) is 0 Å². The second kappa shape index (κ2) is 8.39. The normalized spacial score (nSPS) is 24.1. The SMILES string of the molecule is C=C(CC)/C(F)=C1/Oc2c(cc(C3CCC(/C=C/C)OC3)c(F)c2F)CC1=C. The van der Waals surface area contributed by atoms with Gasteiger partial charge in [0.1, 0.15) is 0 Å². The van der Waals surface area contributed by atoms with Gasteiger partial charge in [-0.1, -0.05) is 32.2 Å². The molecule has 2 atom stereocenters. The first-order valence-corrected chi connectivity index (χ1v) is 9.56. The summed E-state index contributed by atoms with van der Waals surface area (Å²) in [7, 11) is 0. The van der Waals surface area contributed by atoms with Gasteiger partial charge in [0.25, 0.3) is 0 Å². The van der Waals surface area contributed by atoms with E-state index in [1.54, 1.807) is 13.0 Å². The molecule has 0 aromatic heterocycles. The van der Waals surface area contributed by atoms with Crippen LogP contribution in [-0.2, 0) is 11.2 Å². The maximum Gasteiger partial charge on any atom is 0.201 e. The number of benzene rings is 1. The van der Waals surface area contributed by atoms with E-state index < -0.39 is 17.5 Å². The summed E-state index contributed by atoms with van der Waals surface area (Å²) in [6.45, 7) is 11.5. The summed E-state index contributed by atoms with van der Waals surface area (Å²) in [4.78, 5) is 0. The van der Waals surface area contributed by atoms with Gasteiger partial charge in [0.2, 0.25) is 5.82 Å². The Labute approximate surface area is 164 Å². The van der Waals surface area contributed by atoms with Crippen LogP contribution < -0.4 is 4.74 Å². The van der Waals surface area contributed by atoms with Crippen LogP contribution >= 0.6 is 0 Å². The molecule has 1 fully saturated rings. The molecule has 5 heteroatoms. The lowest BCUT2D eigenvalue weighted by Gasteiger charge is -2.30. The lowest BCUT2D eigenvalue weighted by atomic mass is 9.87. The molecule has 150 valence electrons. The fourth-order valence-corrected chi connectivity index (χ4v) is 3.61. The van der Waals surface area contributed by atoms with E-state index in [0.29, 0.717) is 30.6 Å². The van der Waals surface area contributed by atoms with E-state index in [9.17, 15) is 13.2 Å². The van der Waals surface area contributed by atoms with Crippen LogP contribution in [0.4, 0.5) is 13.2 Å². The molecule has 1 aromatic carbocycles. The lowest BCUT2D eigenvalue weighted by Crippen LogP contribution is -2.24. The summed E-state index contributed by atoms with van der Waals surface area (Å²) >= 11 is 0. The van der Waals surface area contributed by atoms with Gasteiger partial charge in [0.15, 0.2) is 23.2 Å². The number of allylic oxidation sites excluding steroid dienone is 4. The second-order valence-electron chi connectivity index (χ2n) is 7.24. The molecule has 3 rings (SSSR count). The molecule has 0 N–H and O–H groups in total. The van der Waals surface area contributed by atoms with Crippen molar-refractivity contribution in [2.45, 2.75) is 51.6 Å². The standard InChI is InChI=1S/C23H25F3O2/c1-5-7-17-9-8-15(12-27-17)18-11-16-10-14(4)22(19(24)13(3)6-2)28-23(16)21(26)20(18)25/h5,7,11,15,17H,3-4,6,8-10,12H2,1-2H3/b7-5+,22-19-. The first kappa shape index (κ1) is 20.5. The van der Waals surface area contributed by atoms with E-state index in [0.717, 1.165) is 6.42 Å². The van der Waals surface area contributed by atoms with E-state index >= 15 is 0 Å². The quantitative estimate of drug-likeness (QED) is 0.551. The molecule has 0 bridgehead atoms. The van der Waals surface area contributed by atoms with Crippen molar-refractivity contribution in [3.63, 3.8) is 0 Å². The Balaban J connectivity index is 1.93. The molecule has 0 aliphatic carbocycles. The predicted octanol–water partition coefficient (Wildman–Crippen LogP) is 6.44. The third kappa shape index (κ3) is 3.81. The van der Waals surface area contributed by atoms with Crippen molar-refractivity contribution >= 4 is 0 Å². The van der Waals surface area contributed by atoms with Crippen LogP contribution in [0.25, 0.3) is 0 Å². The zero-order chi connectivity index (χ0) is 20.4. The van der Waals surface area contributed by atoms with Crippen LogP contribution in [0.2, 0.25) is 0 Å². The third-order valence-corrected chi connectivity index (χ3v) is 5.29. The molecule has 1 aromatic rings. The Bertz CT molecular complexity index is 859. The van der Waals surface area contributed by atoms with Gasteiger partial charge in [0.05, 0.1) is 12.7 Å². The van der Waals surface area contributed by atoms with Gasteiger partial charge in [-0.2, -0.15) is 4.39 Å². The molecular weight excluding hydrogens is 365 g/mol. The number of hydrogen-bond acceptors (Lipinski definition) is 2. The topological polar surface area (TPSA) is 18.5 Å². The van der Waals surface area contributed by atoms with E-state index in [1.807, 2.05) is 19.1 Å². The largest absolute Gasteiger partial charge is 0.450 e. The number of halogens is 3. The summed E-state index contributed by atoms with van der Waals surface area (Å²) < 4.78 is 55.2. The molecule has 0 saturated carbocycles. The Hall–Kier alpha value is -2.27. The van der Waals surface area contributed by atoms with Gasteiger partial charge in [0, 0.05) is 17.9 Å². The zero-order valence-electron chi connectivity index (χ0n) is 16.3. The highest BCUT2D eigenvalue weighted by Gasteiger charge is 2.32. The molecule has 2 unspecified atom stereocenters. The van der Waals surface area contributed by atoms with E-state index in [4.69, 9.17) is 9.47 Å². The Morgan fingerprint density at radius 3 is 2.64 bits per heavy atom. The van der Waals surface area contributed by atoms with Crippen molar-refractivity contribution < 1.29 is 22.6 Å². The number of rotatable bonds is 4. The average molecular weight is 390 g/mol. The van der Waals surface area contributed by atoms with E-state index in [-0.39, 0.29) is 41.1 Å². The maximum atomic E-state index is 14.8. The first-order valence-electron chi connectivity index (χ1n) is 9.56. The summed E-state index contributed by atoms with van der Waals surface area (Å²) in [5.41, 5.74) is 1.35. The highest BCUT2D eigenvalue weighted by Crippen LogP contribution is 2.41. The molecule has 2 nitrogen and oxygen atoms in total. The molecule has 0 radical (unpaired) electrons. The van der Waals surface area contributed by atoms with Crippen molar-refractivity contribution in [3.8, 4) is 5.75 Å². The molecule has 2 aliphatic rings. The zero-order valence-corrected chi connectivity index (χ0v) is 16.3. The molecule has 1 saturated heterocycles. The van der Waals surface area contributed by atoms with Gasteiger partial charge in [-0.15, -0.1) is 0 Å². The van der Waals surface area contributed by atoms with E-state index in [1.165, 1.54) is 0 Å². The minimum absolute atomic E-state index is 0.0113. The summed E-state index contributed by atoms with van der Waals surface area (Å²) in [6, 6.07) is 1.60. The van der Waals surface area contributed by atoms with Crippen LogP contribution in [0.5, 0.6) is 5.75 Å². The summed E-state index contributed by atoms with van der Waals surface area (Å²) in [5.74, 6) is -3.39. The monoisotopic (exact) mass is 390 g/mol. The van der Waals surface area contributed by atoms with Crippen molar-refractivity contribution in [1.82, 2.24) is 0 Å². The molecule has 2 aliphatic heterocycles. The number of hydrogen-bond donors (Lipinski definition) is 0. The van der Waals surface area contributed by atoms with Gasteiger partial charge in [-0.3, -0.25) is 0 Å². The van der Waals surface area contributed by atoms with Gasteiger partial charge >= 0.3 is 0 Å². The Morgan fingerprint density at radius 2 is 2.04 bits per heavy atom. The summed E-state index contributed by atoms with van der Waals surface area (Å²) in [5, 5.41) is 0. The minimum Gasteiger partial charge on any atom is -0.450 e. The molecule has 0 spiro atoms. The van der Waals surface area contributed by atoms with Crippen molar-refractivity contribution in [3.05, 3.63) is 76.9 Å². The maximum absolute atomic E-state index is 14.8. The number of fused-ring (bicyclic) bond motifs is 1. The van der Waals surface area contributed by atoms with Crippen LogP contribution in [0.15, 0.2) is 54.1 Å². The smallest absolute Gasteiger partial charge is 0.201 e. The first-order chi connectivity index (χ1) is 13.4. The fraction of sp³-hybridized carbons (Fsp3) is 0.391. The predicted molar refractivity (Wildman–Crippen MR) is 104 cm³/mol. The highest BCUT2D eigenvalue weighted by molar-refractivity contribution is 5.52. The van der Waals surface area contributed by atoms with Gasteiger partial charge in [-0.05, 0) is 49.0 Å². The Morgan fingerprint density at radius 1 is 1.29 bits per heavy atom. The van der Waals surface area contributed by atoms with Gasteiger partial charge < -0.3 is 9.47 Å². The van der Waals surface area contributed by atoms with E-state index in [2.05, 4.69) is 13.2 Å². The summed E-state index contributed by atoms with van der Waals surface area (Å²) in [6.07, 6.45) is 5.90. The molecular formula is C23H25F3O2.